The summed E-state index contributed by atoms with van der Waals surface area (Å²) in [5.74, 6) is 0. The van der Waals surface area contributed by atoms with Crippen LogP contribution in [-0.4, -0.2) is 55.2 Å². The number of hydrogen-bond acceptors (Lipinski definition) is 5. The van der Waals surface area contributed by atoms with Crippen molar-refractivity contribution in [3.63, 3.8) is 0 Å². The van der Waals surface area contributed by atoms with Crippen molar-refractivity contribution in [2.75, 3.05) is 39.4 Å². The van der Waals surface area contributed by atoms with Gasteiger partial charge in [-0.1, -0.05) is 0 Å². The van der Waals surface area contributed by atoms with E-state index in [9.17, 15) is 0 Å². The first kappa shape index (κ1) is 14.5. The predicted molar refractivity (Wildman–Crippen MR) is 83.0 cm³/mol. The average molecular weight is 295 g/mol. The normalized spacial score (nSPS) is 25.4. The van der Waals surface area contributed by atoms with Gasteiger partial charge in [0.1, 0.15) is 0 Å². The maximum atomic E-state index is 5.74. The van der Waals surface area contributed by atoms with E-state index in [0.717, 1.165) is 38.9 Å². The van der Waals surface area contributed by atoms with E-state index in [2.05, 4.69) is 22.8 Å². The number of nitrogens with two attached hydrogens (primary N) is 1. The Morgan fingerprint density at radius 2 is 2.15 bits per heavy atom. The summed E-state index contributed by atoms with van der Waals surface area (Å²) in [6.45, 7) is 10.4. The summed E-state index contributed by atoms with van der Waals surface area (Å²) in [7, 11) is 0. The van der Waals surface area contributed by atoms with Gasteiger partial charge in [-0.15, -0.1) is 11.3 Å². The van der Waals surface area contributed by atoms with Crippen LogP contribution in [0.3, 0.4) is 0 Å². The fourth-order valence-electron chi connectivity index (χ4n) is 3.28. The minimum absolute atomic E-state index is 0.669. The summed E-state index contributed by atoms with van der Waals surface area (Å²) >= 11 is 1.85. The maximum Gasteiger partial charge on any atom is 0.0594 e. The highest BCUT2D eigenvalue weighted by molar-refractivity contribution is 7.12. The summed E-state index contributed by atoms with van der Waals surface area (Å²) in [5, 5.41) is 0. The highest BCUT2D eigenvalue weighted by atomic mass is 32.1. The predicted octanol–water partition coefficient (Wildman–Crippen LogP) is 1.42. The lowest BCUT2D eigenvalue weighted by Gasteiger charge is -2.32. The number of likely N-dealkylation sites (tertiary alicyclic amines) is 1. The van der Waals surface area contributed by atoms with Gasteiger partial charge in [-0.05, 0) is 25.0 Å². The van der Waals surface area contributed by atoms with Crippen LogP contribution in [-0.2, 0) is 17.8 Å². The molecule has 0 aromatic carbocycles. The standard InChI is InChI=1S/C15H25N3OS/c1-12-13(8-15(9-16)20-12)10-17-3-2-14(11-17)18-4-6-19-7-5-18/h8,14H,2-7,9-11,16H2,1H3. The lowest BCUT2D eigenvalue weighted by molar-refractivity contribution is 0.0184. The SMILES string of the molecule is Cc1sc(CN)cc1CN1CCC(N2CCOCC2)C1. The smallest absolute Gasteiger partial charge is 0.0594 e. The average Bonchev–Trinajstić information content (AvgIpc) is 3.08. The summed E-state index contributed by atoms with van der Waals surface area (Å²) in [6, 6.07) is 3.02. The Morgan fingerprint density at radius 1 is 1.35 bits per heavy atom. The molecule has 2 aliphatic heterocycles. The second-order valence-electron chi connectivity index (χ2n) is 5.82. The summed E-state index contributed by atoms with van der Waals surface area (Å²) < 4.78 is 5.45. The van der Waals surface area contributed by atoms with Crippen LogP contribution in [0, 0.1) is 6.92 Å². The molecular weight excluding hydrogens is 270 g/mol. The topological polar surface area (TPSA) is 41.7 Å². The minimum Gasteiger partial charge on any atom is -0.379 e. The van der Waals surface area contributed by atoms with Crippen molar-refractivity contribution in [2.45, 2.75) is 32.5 Å². The van der Waals surface area contributed by atoms with Gasteiger partial charge in [0.05, 0.1) is 13.2 Å². The van der Waals surface area contributed by atoms with Gasteiger partial charge < -0.3 is 10.5 Å². The molecule has 0 radical (unpaired) electrons. The molecule has 0 bridgehead atoms. The monoisotopic (exact) mass is 295 g/mol. The van der Waals surface area contributed by atoms with Crippen LogP contribution < -0.4 is 5.73 Å². The molecule has 20 heavy (non-hydrogen) atoms. The van der Waals surface area contributed by atoms with Crippen LogP contribution in [0.5, 0.6) is 0 Å². The van der Waals surface area contributed by atoms with Crippen LogP contribution >= 0.6 is 11.3 Å². The zero-order chi connectivity index (χ0) is 13.9. The molecule has 3 heterocycles. The van der Waals surface area contributed by atoms with E-state index >= 15 is 0 Å². The van der Waals surface area contributed by atoms with Gasteiger partial charge >= 0.3 is 0 Å². The van der Waals surface area contributed by atoms with Crippen molar-refractivity contribution in [3.8, 4) is 0 Å². The number of aryl methyl sites for hydroxylation is 1. The van der Waals surface area contributed by atoms with Crippen molar-refractivity contribution in [1.29, 1.82) is 0 Å². The third-order valence-corrected chi connectivity index (χ3v) is 5.59. The Bertz CT molecular complexity index is 442. The van der Waals surface area contributed by atoms with E-state index in [-0.39, 0.29) is 0 Å². The van der Waals surface area contributed by atoms with Gasteiger partial charge in [-0.25, -0.2) is 0 Å². The molecule has 2 fully saturated rings. The number of nitrogens with zero attached hydrogens (tertiary/aromatic N) is 2. The Morgan fingerprint density at radius 3 is 2.85 bits per heavy atom. The van der Waals surface area contributed by atoms with Crippen molar-refractivity contribution < 1.29 is 4.74 Å². The molecule has 0 amide bonds. The highest BCUT2D eigenvalue weighted by Gasteiger charge is 2.28. The molecule has 1 unspecified atom stereocenters. The van der Waals surface area contributed by atoms with E-state index in [4.69, 9.17) is 10.5 Å². The van der Waals surface area contributed by atoms with E-state index in [1.165, 1.54) is 34.8 Å². The van der Waals surface area contributed by atoms with Gasteiger partial charge in [-0.2, -0.15) is 0 Å². The van der Waals surface area contributed by atoms with Crippen molar-refractivity contribution in [1.82, 2.24) is 9.80 Å². The van der Waals surface area contributed by atoms with Crippen molar-refractivity contribution in [2.24, 2.45) is 5.73 Å². The van der Waals surface area contributed by atoms with E-state index in [0.29, 0.717) is 6.54 Å². The van der Waals surface area contributed by atoms with Gasteiger partial charge in [0.25, 0.3) is 0 Å². The molecular formula is C15H25N3OS. The van der Waals surface area contributed by atoms with E-state index in [1.807, 2.05) is 11.3 Å². The molecule has 0 saturated carbocycles. The Hall–Kier alpha value is -0.460. The molecule has 2 aliphatic rings. The molecule has 5 heteroatoms. The fourth-order valence-corrected chi connectivity index (χ4v) is 4.21. The van der Waals surface area contributed by atoms with Crippen LogP contribution in [0.2, 0.25) is 0 Å². The maximum absolute atomic E-state index is 5.74. The molecule has 1 atom stereocenters. The summed E-state index contributed by atoms with van der Waals surface area (Å²) in [5.41, 5.74) is 7.21. The molecule has 2 saturated heterocycles. The first-order valence-corrected chi connectivity index (χ1v) is 8.40. The van der Waals surface area contributed by atoms with Crippen LogP contribution in [0.25, 0.3) is 0 Å². The quantitative estimate of drug-likeness (QED) is 0.912. The molecule has 112 valence electrons. The van der Waals surface area contributed by atoms with Crippen LogP contribution in [0.15, 0.2) is 6.07 Å². The van der Waals surface area contributed by atoms with Crippen molar-refractivity contribution in [3.05, 3.63) is 21.4 Å². The Balaban J connectivity index is 1.55. The first-order valence-electron chi connectivity index (χ1n) is 7.58. The molecule has 0 spiro atoms. The summed E-state index contributed by atoms with van der Waals surface area (Å²) in [4.78, 5) is 7.94. The number of thiophene rings is 1. The fraction of sp³-hybridized carbons (Fsp3) is 0.733. The zero-order valence-electron chi connectivity index (χ0n) is 12.3. The van der Waals surface area contributed by atoms with Gasteiger partial charge in [0.15, 0.2) is 0 Å². The van der Waals surface area contributed by atoms with Gasteiger partial charge in [-0.3, -0.25) is 9.80 Å². The largest absolute Gasteiger partial charge is 0.379 e. The summed E-state index contributed by atoms with van der Waals surface area (Å²) in [6.07, 6.45) is 1.30. The lowest BCUT2D eigenvalue weighted by Crippen LogP contribution is -2.44. The third kappa shape index (κ3) is 3.23. The van der Waals surface area contributed by atoms with Gasteiger partial charge in [0, 0.05) is 55.1 Å². The molecule has 3 rings (SSSR count). The lowest BCUT2D eigenvalue weighted by atomic mass is 10.2. The highest BCUT2D eigenvalue weighted by Crippen LogP contribution is 2.25. The molecule has 2 N–H and O–H groups in total. The van der Waals surface area contributed by atoms with Crippen LogP contribution in [0.4, 0.5) is 0 Å². The second kappa shape index (κ2) is 6.54. The van der Waals surface area contributed by atoms with E-state index < -0.39 is 0 Å². The number of morpholine rings is 1. The minimum atomic E-state index is 0.669. The second-order valence-corrected chi connectivity index (χ2v) is 7.17. The number of hydrogen-bond donors (Lipinski definition) is 1. The Labute approximate surface area is 125 Å². The van der Waals surface area contributed by atoms with Crippen molar-refractivity contribution >= 4 is 11.3 Å². The third-order valence-electron chi connectivity index (χ3n) is 4.48. The molecule has 1 aromatic rings. The molecule has 1 aromatic heterocycles. The number of rotatable bonds is 4. The number of ether oxygens (including phenoxy) is 1. The van der Waals surface area contributed by atoms with Gasteiger partial charge in [0.2, 0.25) is 0 Å². The molecule has 0 aliphatic carbocycles. The van der Waals surface area contributed by atoms with Crippen LogP contribution in [0.1, 0.15) is 21.7 Å². The Kier molecular flexibility index (Phi) is 4.73. The van der Waals surface area contributed by atoms with E-state index in [1.54, 1.807) is 0 Å². The molecule has 4 nitrogen and oxygen atoms in total. The zero-order valence-corrected chi connectivity index (χ0v) is 13.1. The first-order chi connectivity index (χ1) is 9.76.